The lowest BCUT2D eigenvalue weighted by molar-refractivity contribution is 0.0216. The number of hydrogen-bond donors (Lipinski definition) is 0. The first kappa shape index (κ1) is 22.6. The van der Waals surface area contributed by atoms with Gasteiger partial charge < -0.3 is 9.64 Å². The number of piperazine rings is 1. The lowest BCUT2D eigenvalue weighted by atomic mass is 9.98. The largest absolute Gasteiger partial charge is 0.458 e. The molecule has 2 fully saturated rings. The molecule has 0 amide bonds. The van der Waals surface area contributed by atoms with Crippen LogP contribution in [0, 0.1) is 6.92 Å². The van der Waals surface area contributed by atoms with Crippen LogP contribution < -0.4 is 4.90 Å². The van der Waals surface area contributed by atoms with Gasteiger partial charge in [-0.2, -0.15) is 4.98 Å². The molecule has 1 saturated heterocycles. The van der Waals surface area contributed by atoms with Crippen LogP contribution in [0.1, 0.15) is 52.9 Å². The minimum atomic E-state index is -0.239. The van der Waals surface area contributed by atoms with Crippen LogP contribution in [0.3, 0.4) is 0 Å². The van der Waals surface area contributed by atoms with Crippen LogP contribution >= 0.6 is 22.9 Å². The third kappa shape index (κ3) is 5.00. The van der Waals surface area contributed by atoms with Crippen molar-refractivity contribution in [3.05, 3.63) is 51.6 Å². The van der Waals surface area contributed by atoms with Gasteiger partial charge in [-0.25, -0.2) is 9.78 Å². The van der Waals surface area contributed by atoms with E-state index in [9.17, 15) is 4.79 Å². The quantitative estimate of drug-likeness (QED) is 0.354. The zero-order valence-corrected chi connectivity index (χ0v) is 20.5. The summed E-state index contributed by atoms with van der Waals surface area (Å²) in [7, 11) is 0. The molecule has 2 aliphatic rings. The summed E-state index contributed by atoms with van der Waals surface area (Å²) in [4.78, 5) is 28.1. The monoisotopic (exact) mass is 484 g/mol. The molecule has 3 heterocycles. The second-order valence-electron chi connectivity index (χ2n) is 8.97. The Morgan fingerprint density at radius 2 is 1.82 bits per heavy atom. The van der Waals surface area contributed by atoms with Gasteiger partial charge >= 0.3 is 5.97 Å². The Balaban J connectivity index is 1.34. The van der Waals surface area contributed by atoms with E-state index in [-0.39, 0.29) is 17.4 Å². The van der Waals surface area contributed by atoms with Gasteiger partial charge in [0.25, 0.3) is 0 Å². The molecule has 0 bridgehead atoms. The number of aryl methyl sites for hydroxylation is 1. The van der Waals surface area contributed by atoms with Crippen molar-refractivity contribution in [2.75, 3.05) is 31.1 Å². The Hall–Kier alpha value is -2.22. The molecule has 8 heteroatoms. The van der Waals surface area contributed by atoms with E-state index in [0.717, 1.165) is 80.0 Å². The smallest absolute Gasteiger partial charge is 0.348 e. The predicted octanol–water partition coefficient (Wildman–Crippen LogP) is 5.46. The van der Waals surface area contributed by atoms with Crippen LogP contribution in [0.2, 0.25) is 5.28 Å². The first-order valence-electron chi connectivity index (χ1n) is 11.8. The van der Waals surface area contributed by atoms with Crippen molar-refractivity contribution >= 4 is 44.9 Å². The maximum atomic E-state index is 13.0. The summed E-state index contributed by atoms with van der Waals surface area (Å²) in [5, 5.41) is 1.15. The molecule has 0 spiro atoms. The number of aromatic nitrogens is 2. The first-order chi connectivity index (χ1) is 16.1. The van der Waals surface area contributed by atoms with Crippen molar-refractivity contribution < 1.29 is 9.53 Å². The van der Waals surface area contributed by atoms with Crippen LogP contribution in [0.25, 0.3) is 10.2 Å². The zero-order valence-electron chi connectivity index (χ0n) is 18.9. The summed E-state index contributed by atoms with van der Waals surface area (Å²) in [6.45, 7) is 6.51. The van der Waals surface area contributed by atoms with Gasteiger partial charge in [-0.1, -0.05) is 36.8 Å². The molecule has 1 aliphatic carbocycles. The van der Waals surface area contributed by atoms with Crippen LogP contribution in [-0.4, -0.2) is 53.1 Å². The molecule has 0 N–H and O–H groups in total. The van der Waals surface area contributed by atoms with E-state index in [4.69, 9.17) is 16.3 Å². The molecule has 1 aromatic carbocycles. The standard InChI is InChI=1S/C25H29ClN4O2S/c1-17-20-22(30-14-12-29(13-15-30)16-18-8-4-2-5-9-18)27-25(26)28-23(20)33-21(17)24(31)32-19-10-6-3-7-11-19/h2,4-5,8-9,19H,3,6-7,10-16H2,1H3. The number of benzene rings is 1. The summed E-state index contributed by atoms with van der Waals surface area (Å²) in [6, 6.07) is 10.6. The number of nitrogens with zero attached hydrogens (tertiary/aromatic N) is 4. The van der Waals surface area contributed by atoms with E-state index >= 15 is 0 Å². The summed E-state index contributed by atoms with van der Waals surface area (Å²) in [5.74, 6) is 0.590. The number of anilines is 1. The van der Waals surface area contributed by atoms with E-state index < -0.39 is 0 Å². The van der Waals surface area contributed by atoms with Gasteiger partial charge in [-0.15, -0.1) is 11.3 Å². The Bertz CT molecular complexity index is 1120. The van der Waals surface area contributed by atoms with Gasteiger partial charge in [0.05, 0.1) is 5.39 Å². The highest BCUT2D eigenvalue weighted by Gasteiger charge is 2.27. The average molecular weight is 485 g/mol. The summed E-state index contributed by atoms with van der Waals surface area (Å²) >= 11 is 7.68. The minimum absolute atomic E-state index is 0.0303. The van der Waals surface area contributed by atoms with E-state index in [0.29, 0.717) is 4.88 Å². The minimum Gasteiger partial charge on any atom is -0.458 e. The molecule has 1 saturated carbocycles. The van der Waals surface area contributed by atoms with Crippen LogP contribution in [0.5, 0.6) is 0 Å². The SMILES string of the molecule is Cc1c(C(=O)OC2CCCCC2)sc2nc(Cl)nc(N3CCN(Cc4ccccc4)CC3)c12. The van der Waals surface area contributed by atoms with Crippen molar-refractivity contribution in [2.24, 2.45) is 0 Å². The summed E-state index contributed by atoms with van der Waals surface area (Å²) < 4.78 is 5.84. The van der Waals surface area contributed by atoms with Crippen molar-refractivity contribution in [1.82, 2.24) is 14.9 Å². The highest BCUT2D eigenvalue weighted by molar-refractivity contribution is 7.20. The van der Waals surface area contributed by atoms with Crippen molar-refractivity contribution in [1.29, 1.82) is 0 Å². The number of carbonyl (C=O) groups is 1. The number of esters is 1. The molecule has 0 radical (unpaired) electrons. The fraction of sp³-hybridized carbons (Fsp3) is 0.480. The molecule has 3 aromatic rings. The third-order valence-electron chi connectivity index (χ3n) is 6.68. The van der Waals surface area contributed by atoms with Crippen molar-refractivity contribution in [3.8, 4) is 0 Å². The number of halogens is 1. The van der Waals surface area contributed by atoms with Gasteiger partial charge in [-0.3, -0.25) is 4.90 Å². The van der Waals surface area contributed by atoms with Gasteiger partial charge in [0.15, 0.2) is 0 Å². The van der Waals surface area contributed by atoms with Crippen LogP contribution in [0.4, 0.5) is 5.82 Å². The maximum Gasteiger partial charge on any atom is 0.348 e. The number of carbonyl (C=O) groups excluding carboxylic acids is 1. The highest BCUT2D eigenvalue weighted by Crippen LogP contribution is 2.37. The Morgan fingerprint density at radius 1 is 1.09 bits per heavy atom. The third-order valence-corrected chi connectivity index (χ3v) is 8.01. The van der Waals surface area contributed by atoms with Gasteiger partial charge in [0, 0.05) is 32.7 Å². The second kappa shape index (κ2) is 9.95. The second-order valence-corrected chi connectivity index (χ2v) is 10.3. The highest BCUT2D eigenvalue weighted by atomic mass is 35.5. The Kier molecular flexibility index (Phi) is 6.81. The summed E-state index contributed by atoms with van der Waals surface area (Å²) in [5.41, 5.74) is 2.22. The number of fused-ring (bicyclic) bond motifs is 1. The fourth-order valence-electron chi connectivity index (χ4n) is 4.86. The van der Waals surface area contributed by atoms with Gasteiger partial charge in [-0.05, 0) is 55.3 Å². The first-order valence-corrected chi connectivity index (χ1v) is 13.0. The molecule has 33 heavy (non-hydrogen) atoms. The molecular weight excluding hydrogens is 456 g/mol. The lowest BCUT2D eigenvalue weighted by Crippen LogP contribution is -2.46. The van der Waals surface area contributed by atoms with E-state index in [2.05, 4.69) is 44.0 Å². The lowest BCUT2D eigenvalue weighted by Gasteiger charge is -2.35. The van der Waals surface area contributed by atoms with E-state index in [1.165, 1.54) is 23.3 Å². The molecule has 2 aromatic heterocycles. The maximum absolute atomic E-state index is 13.0. The Morgan fingerprint density at radius 3 is 2.55 bits per heavy atom. The molecule has 0 unspecified atom stereocenters. The molecule has 5 rings (SSSR count). The predicted molar refractivity (Wildman–Crippen MR) is 133 cm³/mol. The topological polar surface area (TPSA) is 58.6 Å². The Labute approximate surface area is 203 Å². The van der Waals surface area contributed by atoms with Crippen molar-refractivity contribution in [2.45, 2.75) is 51.7 Å². The number of thiophene rings is 1. The summed E-state index contributed by atoms with van der Waals surface area (Å²) in [6.07, 6.45) is 5.43. The van der Waals surface area contributed by atoms with Crippen LogP contribution in [0.15, 0.2) is 30.3 Å². The molecule has 6 nitrogen and oxygen atoms in total. The normalized spacial score (nSPS) is 18.1. The molecule has 1 aliphatic heterocycles. The molecular formula is C25H29ClN4O2S. The van der Waals surface area contributed by atoms with Crippen LogP contribution in [-0.2, 0) is 11.3 Å². The number of rotatable bonds is 5. The van der Waals surface area contributed by atoms with Gasteiger partial charge in [0.1, 0.15) is 21.6 Å². The molecule has 174 valence electrons. The fourth-order valence-corrected chi connectivity index (χ4v) is 6.14. The molecule has 0 atom stereocenters. The van der Waals surface area contributed by atoms with Crippen molar-refractivity contribution in [3.63, 3.8) is 0 Å². The number of ether oxygens (including phenoxy) is 1. The van der Waals surface area contributed by atoms with Gasteiger partial charge in [0.2, 0.25) is 5.28 Å². The average Bonchev–Trinajstić information content (AvgIpc) is 3.16. The van der Waals surface area contributed by atoms with E-state index in [1.54, 1.807) is 0 Å². The van der Waals surface area contributed by atoms with E-state index in [1.807, 2.05) is 13.0 Å². The number of hydrogen-bond acceptors (Lipinski definition) is 7. The zero-order chi connectivity index (χ0) is 22.8.